The van der Waals surface area contributed by atoms with Crippen molar-refractivity contribution in [3.05, 3.63) is 29.8 Å². The molecule has 0 aliphatic rings. The lowest BCUT2D eigenvalue weighted by molar-refractivity contribution is -0.120. The van der Waals surface area contributed by atoms with Crippen molar-refractivity contribution in [1.29, 1.82) is 0 Å². The molecule has 0 fully saturated rings. The SMILES string of the molecule is CCCC[C@H](CC)CNC(=O)[C@H](C)Sc1ccc(C)cc1. The lowest BCUT2D eigenvalue weighted by Crippen LogP contribution is -2.34. The zero-order valence-corrected chi connectivity index (χ0v) is 14.6. The van der Waals surface area contributed by atoms with Crippen molar-refractivity contribution >= 4 is 17.7 Å². The van der Waals surface area contributed by atoms with Gasteiger partial charge in [-0.1, -0.05) is 50.8 Å². The summed E-state index contributed by atoms with van der Waals surface area (Å²) in [5.41, 5.74) is 1.25. The summed E-state index contributed by atoms with van der Waals surface area (Å²) in [7, 11) is 0. The minimum atomic E-state index is -0.0450. The monoisotopic (exact) mass is 307 g/mol. The van der Waals surface area contributed by atoms with Crippen LogP contribution in [0.2, 0.25) is 0 Å². The quantitative estimate of drug-likeness (QED) is 0.663. The van der Waals surface area contributed by atoms with E-state index in [0.717, 1.165) is 17.9 Å². The Morgan fingerprint density at radius 3 is 2.48 bits per heavy atom. The molecule has 0 saturated carbocycles. The fraction of sp³-hybridized carbons (Fsp3) is 0.611. The second-order valence-corrected chi connectivity index (χ2v) is 7.15. The summed E-state index contributed by atoms with van der Waals surface area (Å²) in [4.78, 5) is 13.3. The molecule has 1 rings (SSSR count). The highest BCUT2D eigenvalue weighted by Gasteiger charge is 2.15. The Bertz CT molecular complexity index is 416. The zero-order valence-electron chi connectivity index (χ0n) is 13.8. The van der Waals surface area contributed by atoms with Gasteiger partial charge >= 0.3 is 0 Å². The molecule has 2 nitrogen and oxygen atoms in total. The largest absolute Gasteiger partial charge is 0.355 e. The van der Waals surface area contributed by atoms with Crippen molar-refractivity contribution in [1.82, 2.24) is 5.32 Å². The first-order valence-electron chi connectivity index (χ1n) is 8.07. The third-order valence-electron chi connectivity index (χ3n) is 3.81. The topological polar surface area (TPSA) is 29.1 Å². The van der Waals surface area contributed by atoms with Crippen molar-refractivity contribution in [2.75, 3.05) is 6.54 Å². The first kappa shape index (κ1) is 18.1. The molecule has 0 aliphatic carbocycles. The van der Waals surface area contributed by atoms with Gasteiger partial charge in [-0.15, -0.1) is 11.8 Å². The van der Waals surface area contributed by atoms with Gasteiger partial charge in [-0.25, -0.2) is 0 Å². The molecular weight excluding hydrogens is 278 g/mol. The summed E-state index contributed by atoms with van der Waals surface area (Å²) in [5.74, 6) is 0.765. The third-order valence-corrected chi connectivity index (χ3v) is 4.92. The molecule has 1 aromatic rings. The van der Waals surface area contributed by atoms with Gasteiger partial charge in [-0.2, -0.15) is 0 Å². The van der Waals surface area contributed by atoms with E-state index in [1.54, 1.807) is 11.8 Å². The van der Waals surface area contributed by atoms with E-state index in [4.69, 9.17) is 0 Å². The molecule has 2 atom stereocenters. The molecule has 0 spiro atoms. The molecule has 0 heterocycles. The number of hydrogen-bond acceptors (Lipinski definition) is 2. The van der Waals surface area contributed by atoms with Crippen molar-refractivity contribution in [3.63, 3.8) is 0 Å². The fourth-order valence-electron chi connectivity index (χ4n) is 2.21. The average molecular weight is 308 g/mol. The second kappa shape index (κ2) is 9.88. The van der Waals surface area contributed by atoms with Crippen LogP contribution in [0.4, 0.5) is 0 Å². The van der Waals surface area contributed by atoms with E-state index in [9.17, 15) is 4.79 Å². The number of benzene rings is 1. The molecule has 3 heteroatoms. The number of nitrogens with one attached hydrogen (secondary N) is 1. The van der Waals surface area contributed by atoms with Crippen molar-refractivity contribution in [2.45, 2.75) is 63.5 Å². The summed E-state index contributed by atoms with van der Waals surface area (Å²) in [6.07, 6.45) is 4.83. The van der Waals surface area contributed by atoms with Crippen LogP contribution in [0, 0.1) is 12.8 Å². The number of rotatable bonds is 9. The van der Waals surface area contributed by atoms with E-state index in [2.05, 4.69) is 50.4 Å². The van der Waals surface area contributed by atoms with Crippen LogP contribution < -0.4 is 5.32 Å². The lowest BCUT2D eigenvalue weighted by Gasteiger charge is -2.17. The minimum Gasteiger partial charge on any atom is -0.355 e. The van der Waals surface area contributed by atoms with E-state index in [1.165, 1.54) is 24.8 Å². The summed E-state index contributed by atoms with van der Waals surface area (Å²) in [6.45, 7) is 9.29. The molecule has 0 unspecified atom stereocenters. The van der Waals surface area contributed by atoms with Gasteiger partial charge in [0.2, 0.25) is 5.91 Å². The van der Waals surface area contributed by atoms with Crippen LogP contribution in [0.5, 0.6) is 0 Å². The predicted octanol–water partition coefficient (Wildman–Crippen LogP) is 4.81. The molecule has 0 bridgehead atoms. The lowest BCUT2D eigenvalue weighted by atomic mass is 9.99. The van der Waals surface area contributed by atoms with E-state index >= 15 is 0 Å². The Hall–Kier alpha value is -0.960. The maximum Gasteiger partial charge on any atom is 0.233 e. The number of amides is 1. The summed E-state index contributed by atoms with van der Waals surface area (Å²) in [5, 5.41) is 3.07. The second-order valence-electron chi connectivity index (χ2n) is 5.73. The first-order valence-corrected chi connectivity index (χ1v) is 8.95. The van der Waals surface area contributed by atoms with Gasteiger partial charge < -0.3 is 5.32 Å². The normalized spacial score (nSPS) is 13.7. The molecule has 0 saturated heterocycles. The smallest absolute Gasteiger partial charge is 0.233 e. The highest BCUT2D eigenvalue weighted by atomic mass is 32.2. The van der Waals surface area contributed by atoms with E-state index < -0.39 is 0 Å². The summed E-state index contributed by atoms with van der Waals surface area (Å²) in [6, 6.07) is 8.34. The van der Waals surface area contributed by atoms with Crippen molar-refractivity contribution in [2.24, 2.45) is 5.92 Å². The number of thioether (sulfide) groups is 1. The fourth-order valence-corrected chi connectivity index (χ4v) is 3.10. The van der Waals surface area contributed by atoms with E-state index in [1.807, 2.05) is 6.92 Å². The van der Waals surface area contributed by atoms with E-state index in [0.29, 0.717) is 5.92 Å². The molecule has 21 heavy (non-hydrogen) atoms. The Labute approximate surface area is 134 Å². The molecule has 1 aromatic carbocycles. The van der Waals surface area contributed by atoms with E-state index in [-0.39, 0.29) is 11.2 Å². The van der Waals surface area contributed by atoms with Gasteiger partial charge in [0.25, 0.3) is 0 Å². The number of aryl methyl sites for hydroxylation is 1. The van der Waals surface area contributed by atoms with Crippen molar-refractivity contribution in [3.8, 4) is 0 Å². The average Bonchev–Trinajstić information content (AvgIpc) is 2.49. The Morgan fingerprint density at radius 2 is 1.90 bits per heavy atom. The maximum atomic E-state index is 12.2. The minimum absolute atomic E-state index is 0.0450. The summed E-state index contributed by atoms with van der Waals surface area (Å²) < 4.78 is 0. The Kier molecular flexibility index (Phi) is 8.51. The van der Waals surface area contributed by atoms with Gasteiger partial charge in [-0.3, -0.25) is 4.79 Å². The number of unbranched alkanes of at least 4 members (excludes halogenated alkanes) is 1. The number of carbonyl (C=O) groups excluding carboxylic acids is 1. The number of hydrogen-bond donors (Lipinski definition) is 1. The first-order chi connectivity index (χ1) is 10.1. The third kappa shape index (κ3) is 7.03. The molecular formula is C18H29NOS. The molecule has 0 radical (unpaired) electrons. The maximum absolute atomic E-state index is 12.2. The molecule has 118 valence electrons. The van der Waals surface area contributed by atoms with Crippen LogP contribution in [0.1, 0.15) is 52.0 Å². The highest BCUT2D eigenvalue weighted by Crippen LogP contribution is 2.23. The molecule has 0 aromatic heterocycles. The predicted molar refractivity (Wildman–Crippen MR) is 92.8 cm³/mol. The molecule has 0 aliphatic heterocycles. The zero-order chi connectivity index (χ0) is 15.7. The van der Waals surface area contributed by atoms with Gasteiger partial charge in [0.05, 0.1) is 5.25 Å². The standard InChI is InChI=1S/C18H29NOS/c1-5-7-8-16(6-2)13-19-18(20)15(4)21-17-11-9-14(3)10-12-17/h9-12,15-16H,5-8,13H2,1-4H3,(H,19,20)/t15-,16-/m0/s1. The highest BCUT2D eigenvalue weighted by molar-refractivity contribution is 8.00. The van der Waals surface area contributed by atoms with Crippen LogP contribution in [-0.4, -0.2) is 17.7 Å². The Morgan fingerprint density at radius 1 is 1.24 bits per heavy atom. The van der Waals surface area contributed by atoms with Crippen LogP contribution in [0.3, 0.4) is 0 Å². The Balaban J connectivity index is 2.38. The van der Waals surface area contributed by atoms with Gasteiger partial charge in [0.15, 0.2) is 0 Å². The van der Waals surface area contributed by atoms with Gasteiger partial charge in [0, 0.05) is 11.4 Å². The van der Waals surface area contributed by atoms with Crippen molar-refractivity contribution < 1.29 is 4.79 Å². The molecule has 1 amide bonds. The summed E-state index contributed by atoms with van der Waals surface area (Å²) >= 11 is 1.63. The van der Waals surface area contributed by atoms with Crippen LogP contribution >= 0.6 is 11.8 Å². The van der Waals surface area contributed by atoms with Gasteiger partial charge in [-0.05, 0) is 38.3 Å². The number of carbonyl (C=O) groups is 1. The van der Waals surface area contributed by atoms with Crippen LogP contribution in [0.25, 0.3) is 0 Å². The van der Waals surface area contributed by atoms with Crippen LogP contribution in [-0.2, 0) is 4.79 Å². The van der Waals surface area contributed by atoms with Crippen LogP contribution in [0.15, 0.2) is 29.2 Å². The molecule has 1 N–H and O–H groups in total. The van der Waals surface area contributed by atoms with Gasteiger partial charge in [0.1, 0.15) is 0 Å².